The van der Waals surface area contributed by atoms with E-state index in [9.17, 15) is 14.4 Å². The second-order valence-electron chi connectivity index (χ2n) is 3.84. The van der Waals surface area contributed by atoms with Crippen molar-refractivity contribution in [2.24, 2.45) is 17.2 Å². The summed E-state index contributed by atoms with van der Waals surface area (Å²) in [7, 11) is 0. The van der Waals surface area contributed by atoms with Crippen molar-refractivity contribution in [1.82, 2.24) is 14.7 Å². The predicted molar refractivity (Wildman–Crippen MR) is 62.3 cm³/mol. The van der Waals surface area contributed by atoms with Crippen LogP contribution in [0.5, 0.6) is 0 Å². The zero-order chi connectivity index (χ0) is 13.7. The van der Waals surface area contributed by atoms with E-state index in [1.54, 1.807) is 0 Å². The molecule has 0 aliphatic carbocycles. The Morgan fingerprint density at radius 1 is 0.667 bits per heavy atom. The van der Waals surface area contributed by atoms with Gasteiger partial charge in [0.2, 0.25) is 17.7 Å². The second-order valence-corrected chi connectivity index (χ2v) is 3.84. The van der Waals surface area contributed by atoms with Crippen LogP contribution in [0.4, 0.5) is 0 Å². The molecule has 102 valence electrons. The highest BCUT2D eigenvalue weighted by Gasteiger charge is 2.30. The van der Waals surface area contributed by atoms with Crippen molar-refractivity contribution in [3.8, 4) is 0 Å². The van der Waals surface area contributed by atoms with Gasteiger partial charge in [0.05, 0.1) is 39.6 Å². The first-order valence-electron chi connectivity index (χ1n) is 5.47. The molecule has 0 saturated carbocycles. The molecular formula is C9H18N6O3. The lowest BCUT2D eigenvalue weighted by Crippen LogP contribution is -2.61. The van der Waals surface area contributed by atoms with Gasteiger partial charge in [-0.3, -0.25) is 14.4 Å². The minimum atomic E-state index is -0.348. The summed E-state index contributed by atoms with van der Waals surface area (Å²) in [4.78, 5) is 38.6. The summed E-state index contributed by atoms with van der Waals surface area (Å²) in [5.74, 6) is -1.04. The first kappa shape index (κ1) is 14.4. The van der Waals surface area contributed by atoms with Crippen molar-refractivity contribution < 1.29 is 14.4 Å². The van der Waals surface area contributed by atoms with Gasteiger partial charge < -0.3 is 31.9 Å². The van der Waals surface area contributed by atoms with Crippen molar-refractivity contribution in [3.05, 3.63) is 0 Å². The lowest BCUT2D eigenvalue weighted by molar-refractivity contribution is -0.156. The van der Waals surface area contributed by atoms with Crippen molar-refractivity contribution in [2.45, 2.75) is 0 Å². The molecule has 9 heteroatoms. The van der Waals surface area contributed by atoms with Gasteiger partial charge in [-0.15, -0.1) is 0 Å². The largest absolute Gasteiger partial charge is 0.322 e. The molecule has 0 unspecified atom stereocenters. The summed E-state index contributed by atoms with van der Waals surface area (Å²) in [5.41, 5.74) is 15.8. The standard InChI is InChI=1S/C9H18N6O3/c10-1-7(16)13-4-14(8(17)2-11)6-15(5-13)9(18)3-12/h1-6,10-12H2. The van der Waals surface area contributed by atoms with Gasteiger partial charge >= 0.3 is 0 Å². The molecule has 1 fully saturated rings. The molecule has 0 radical (unpaired) electrons. The fraction of sp³-hybridized carbons (Fsp3) is 0.667. The highest BCUT2D eigenvalue weighted by molar-refractivity contribution is 5.83. The lowest BCUT2D eigenvalue weighted by atomic mass is 10.4. The summed E-state index contributed by atoms with van der Waals surface area (Å²) in [6.07, 6.45) is 0. The van der Waals surface area contributed by atoms with Gasteiger partial charge in [-0.25, -0.2) is 0 Å². The van der Waals surface area contributed by atoms with Crippen LogP contribution in [0.2, 0.25) is 0 Å². The van der Waals surface area contributed by atoms with Crippen LogP contribution in [-0.4, -0.2) is 72.1 Å². The first-order valence-corrected chi connectivity index (χ1v) is 5.47. The maximum atomic E-state index is 11.5. The molecule has 6 N–H and O–H groups in total. The third-order valence-electron chi connectivity index (χ3n) is 2.61. The Balaban J connectivity index is 2.81. The van der Waals surface area contributed by atoms with Crippen LogP contribution in [0.3, 0.4) is 0 Å². The summed E-state index contributed by atoms with van der Waals surface area (Å²) < 4.78 is 0. The van der Waals surface area contributed by atoms with E-state index in [0.717, 1.165) is 0 Å². The molecule has 1 rings (SSSR count). The first-order chi connectivity index (χ1) is 8.53. The van der Waals surface area contributed by atoms with E-state index >= 15 is 0 Å². The van der Waals surface area contributed by atoms with Crippen molar-refractivity contribution in [1.29, 1.82) is 0 Å². The smallest absolute Gasteiger partial charge is 0.239 e. The van der Waals surface area contributed by atoms with Crippen LogP contribution in [0, 0.1) is 0 Å². The molecule has 9 nitrogen and oxygen atoms in total. The number of carbonyl (C=O) groups is 3. The summed E-state index contributed by atoms with van der Waals surface area (Å²) in [6.45, 7) is -0.304. The second kappa shape index (κ2) is 6.28. The van der Waals surface area contributed by atoms with E-state index in [1.165, 1.54) is 14.7 Å². The van der Waals surface area contributed by atoms with E-state index in [1.807, 2.05) is 0 Å². The lowest BCUT2D eigenvalue weighted by Gasteiger charge is -2.41. The van der Waals surface area contributed by atoms with Crippen LogP contribution in [0.15, 0.2) is 0 Å². The number of nitrogens with zero attached hydrogens (tertiary/aromatic N) is 3. The summed E-state index contributed by atoms with van der Waals surface area (Å²) in [6, 6.07) is 0. The molecule has 1 heterocycles. The Kier molecular flexibility index (Phi) is 5.01. The monoisotopic (exact) mass is 258 g/mol. The van der Waals surface area contributed by atoms with Crippen LogP contribution in [0.25, 0.3) is 0 Å². The number of amides is 3. The van der Waals surface area contributed by atoms with E-state index < -0.39 is 0 Å². The van der Waals surface area contributed by atoms with E-state index in [0.29, 0.717) is 0 Å². The Bertz CT molecular complexity index is 289. The van der Waals surface area contributed by atoms with Crippen LogP contribution < -0.4 is 17.2 Å². The molecule has 0 spiro atoms. The molecule has 0 atom stereocenters. The van der Waals surface area contributed by atoms with Gasteiger partial charge in [0, 0.05) is 0 Å². The van der Waals surface area contributed by atoms with Crippen LogP contribution >= 0.6 is 0 Å². The molecule has 18 heavy (non-hydrogen) atoms. The molecule has 0 aromatic rings. The number of hydrogen-bond donors (Lipinski definition) is 3. The fourth-order valence-electron chi connectivity index (χ4n) is 1.61. The van der Waals surface area contributed by atoms with Crippen LogP contribution in [-0.2, 0) is 14.4 Å². The number of carbonyl (C=O) groups excluding carboxylic acids is 3. The Labute approximate surface area is 104 Å². The van der Waals surface area contributed by atoms with Crippen molar-refractivity contribution in [3.63, 3.8) is 0 Å². The van der Waals surface area contributed by atoms with Crippen molar-refractivity contribution in [2.75, 3.05) is 39.6 Å². The average Bonchev–Trinajstić information content (AvgIpc) is 2.43. The molecule has 1 aliphatic heterocycles. The van der Waals surface area contributed by atoms with Gasteiger partial charge in [0.15, 0.2) is 0 Å². The van der Waals surface area contributed by atoms with Gasteiger partial charge in [0.1, 0.15) is 0 Å². The Morgan fingerprint density at radius 2 is 0.889 bits per heavy atom. The predicted octanol–water partition coefficient (Wildman–Crippen LogP) is -3.77. The average molecular weight is 258 g/mol. The quantitative estimate of drug-likeness (QED) is 0.475. The summed E-state index contributed by atoms with van der Waals surface area (Å²) in [5, 5.41) is 0. The van der Waals surface area contributed by atoms with Crippen molar-refractivity contribution >= 4 is 17.7 Å². The zero-order valence-corrected chi connectivity index (χ0v) is 10.0. The third-order valence-corrected chi connectivity index (χ3v) is 2.61. The van der Waals surface area contributed by atoms with Gasteiger partial charge in [-0.2, -0.15) is 0 Å². The topological polar surface area (TPSA) is 139 Å². The third kappa shape index (κ3) is 3.15. The minimum absolute atomic E-state index is 0.0837. The van der Waals surface area contributed by atoms with Crippen LogP contribution in [0.1, 0.15) is 0 Å². The molecule has 1 aliphatic rings. The number of hydrogen-bond acceptors (Lipinski definition) is 6. The molecule has 3 amide bonds. The minimum Gasteiger partial charge on any atom is -0.322 e. The van der Waals surface area contributed by atoms with Gasteiger partial charge in [-0.1, -0.05) is 0 Å². The molecule has 0 aromatic heterocycles. The Morgan fingerprint density at radius 3 is 1.06 bits per heavy atom. The van der Waals surface area contributed by atoms with E-state index in [2.05, 4.69) is 0 Å². The normalized spacial score (nSPS) is 15.8. The maximum Gasteiger partial charge on any atom is 0.239 e. The van der Waals surface area contributed by atoms with E-state index in [4.69, 9.17) is 17.2 Å². The molecular weight excluding hydrogens is 240 g/mol. The molecule has 1 saturated heterocycles. The Hall–Kier alpha value is -1.71. The molecule has 0 bridgehead atoms. The van der Waals surface area contributed by atoms with Gasteiger partial charge in [0.25, 0.3) is 0 Å². The van der Waals surface area contributed by atoms with Gasteiger partial charge in [-0.05, 0) is 0 Å². The van der Waals surface area contributed by atoms with E-state index in [-0.39, 0.29) is 57.4 Å². The highest BCUT2D eigenvalue weighted by atomic mass is 16.2. The SMILES string of the molecule is NCC(=O)N1CN(C(=O)CN)CN(C(=O)CN)C1. The maximum absolute atomic E-state index is 11.5. The number of rotatable bonds is 3. The number of nitrogens with two attached hydrogens (primary N) is 3. The fourth-order valence-corrected chi connectivity index (χ4v) is 1.61. The zero-order valence-electron chi connectivity index (χ0n) is 10.0. The highest BCUT2D eigenvalue weighted by Crippen LogP contribution is 2.08. The summed E-state index contributed by atoms with van der Waals surface area (Å²) >= 11 is 0. The molecule has 0 aromatic carbocycles.